The second-order valence-electron chi connectivity index (χ2n) is 12.2. The molecule has 0 spiro atoms. The summed E-state index contributed by atoms with van der Waals surface area (Å²) in [5.41, 5.74) is -0.0228. The minimum Gasteiger partial charge on any atom is -0.495 e. The van der Waals surface area contributed by atoms with Crippen molar-refractivity contribution in [2.45, 2.75) is 56.6 Å². The number of carbonyl (C=O) groups excluding carboxylic acids is 2. The van der Waals surface area contributed by atoms with Crippen molar-refractivity contribution in [1.29, 1.82) is 0 Å². The van der Waals surface area contributed by atoms with Gasteiger partial charge in [-0.25, -0.2) is 23.1 Å². The summed E-state index contributed by atoms with van der Waals surface area (Å²) < 4.78 is 84.6. The Balaban J connectivity index is 1.53. The van der Waals surface area contributed by atoms with Crippen LogP contribution in [0.4, 0.5) is 28.0 Å². The zero-order chi connectivity index (χ0) is 33.6. The van der Waals surface area contributed by atoms with E-state index < -0.39 is 63.4 Å². The van der Waals surface area contributed by atoms with E-state index in [-0.39, 0.29) is 35.9 Å². The van der Waals surface area contributed by atoms with Crippen molar-refractivity contribution in [2.24, 2.45) is 0 Å². The Kier molecular flexibility index (Phi) is 8.77. The van der Waals surface area contributed by atoms with Crippen LogP contribution < -0.4 is 30.1 Å². The quantitative estimate of drug-likeness (QED) is 0.243. The monoisotopic (exact) mass is 663 g/mol. The van der Waals surface area contributed by atoms with Crippen molar-refractivity contribution >= 4 is 28.6 Å². The van der Waals surface area contributed by atoms with Crippen LogP contribution in [0, 0.1) is 5.82 Å². The normalized spacial score (nSPS) is 18.8. The van der Waals surface area contributed by atoms with E-state index in [9.17, 15) is 31.4 Å². The molecule has 4 N–H and O–H groups in total. The average molecular weight is 664 g/mol. The summed E-state index contributed by atoms with van der Waals surface area (Å²) in [6.07, 6.45) is -4.85. The van der Waals surface area contributed by atoms with E-state index >= 15 is 0 Å². The number of hydrogen-bond acceptors (Lipinski definition) is 6. The largest absolute Gasteiger partial charge is 0.495 e. The SMILES string of the molecule is COc1cc(C(=O)NCC(c2cc3c(c(-c4ccc(F)cc4)n2)OCC3(C)NS(=O)C(C)(C)C)C(F)(F)F)cc2c1NC(=O)NC2. The van der Waals surface area contributed by atoms with Gasteiger partial charge in [-0.3, -0.25) is 4.79 Å². The van der Waals surface area contributed by atoms with Gasteiger partial charge in [0.1, 0.15) is 29.8 Å². The highest BCUT2D eigenvalue weighted by Crippen LogP contribution is 2.46. The maximum Gasteiger partial charge on any atom is 0.398 e. The van der Waals surface area contributed by atoms with Gasteiger partial charge >= 0.3 is 12.2 Å². The van der Waals surface area contributed by atoms with Gasteiger partial charge < -0.3 is 25.4 Å². The molecule has 3 unspecified atom stereocenters. The van der Waals surface area contributed by atoms with E-state index in [1.54, 1.807) is 27.7 Å². The number of carbonyl (C=O) groups is 2. The van der Waals surface area contributed by atoms with Crippen LogP contribution in [0.3, 0.4) is 0 Å². The van der Waals surface area contributed by atoms with Crippen molar-refractivity contribution in [1.82, 2.24) is 20.3 Å². The van der Waals surface area contributed by atoms with Crippen LogP contribution in [0.2, 0.25) is 0 Å². The zero-order valence-corrected chi connectivity index (χ0v) is 26.5. The molecule has 0 radical (unpaired) electrons. The van der Waals surface area contributed by atoms with Crippen molar-refractivity contribution in [3.05, 3.63) is 70.7 Å². The van der Waals surface area contributed by atoms with Gasteiger partial charge in [0.25, 0.3) is 5.91 Å². The number of methoxy groups -OCH3 is 1. The zero-order valence-electron chi connectivity index (χ0n) is 25.6. The molecule has 15 heteroatoms. The molecular weight excluding hydrogens is 630 g/mol. The highest BCUT2D eigenvalue weighted by molar-refractivity contribution is 7.84. The number of aromatic nitrogens is 1. The predicted octanol–water partition coefficient (Wildman–Crippen LogP) is 5.27. The third-order valence-corrected chi connectivity index (χ3v) is 9.40. The number of ether oxygens (including phenoxy) is 2. The van der Waals surface area contributed by atoms with E-state index in [4.69, 9.17) is 9.47 Å². The number of urea groups is 1. The van der Waals surface area contributed by atoms with E-state index in [0.717, 1.165) is 12.1 Å². The van der Waals surface area contributed by atoms with E-state index in [2.05, 4.69) is 25.7 Å². The molecule has 3 atom stereocenters. The molecule has 0 saturated heterocycles. The number of anilines is 1. The summed E-state index contributed by atoms with van der Waals surface area (Å²) in [5, 5.41) is 7.52. The summed E-state index contributed by atoms with van der Waals surface area (Å²) in [6, 6.07) is 8.65. The Morgan fingerprint density at radius 3 is 2.50 bits per heavy atom. The first-order valence-corrected chi connectivity index (χ1v) is 15.4. The van der Waals surface area contributed by atoms with Crippen molar-refractivity contribution < 1.29 is 40.8 Å². The number of nitrogens with zero attached hydrogens (tertiary/aromatic N) is 1. The second-order valence-corrected chi connectivity index (χ2v) is 14.2. The third-order valence-electron chi connectivity index (χ3n) is 7.65. The van der Waals surface area contributed by atoms with Crippen LogP contribution in [-0.2, 0) is 23.1 Å². The van der Waals surface area contributed by atoms with Gasteiger partial charge in [-0.1, -0.05) is 0 Å². The molecule has 46 heavy (non-hydrogen) atoms. The van der Waals surface area contributed by atoms with Crippen molar-refractivity contribution in [3.8, 4) is 22.8 Å². The highest BCUT2D eigenvalue weighted by Gasteiger charge is 2.46. The molecule has 0 fully saturated rings. The van der Waals surface area contributed by atoms with Crippen molar-refractivity contribution in [2.75, 3.05) is 25.6 Å². The minimum absolute atomic E-state index is 0.0261. The molecule has 1 aromatic heterocycles. The molecule has 2 aliphatic rings. The Hall–Kier alpha value is -4.24. The number of rotatable bonds is 8. The molecular formula is C31H33F4N5O5S. The Morgan fingerprint density at radius 2 is 1.87 bits per heavy atom. The van der Waals surface area contributed by atoms with Gasteiger partial charge in [0.2, 0.25) is 0 Å². The first-order valence-electron chi connectivity index (χ1n) is 14.2. The van der Waals surface area contributed by atoms with E-state index in [1.807, 2.05) is 0 Å². The molecule has 0 bridgehead atoms. The Bertz CT molecular complexity index is 1690. The number of fused-ring (bicyclic) bond motifs is 2. The van der Waals surface area contributed by atoms with Gasteiger partial charge in [-0.2, -0.15) is 13.2 Å². The molecule has 0 saturated carbocycles. The number of hydrogen-bond donors (Lipinski definition) is 4. The molecule has 10 nitrogen and oxygen atoms in total. The van der Waals surface area contributed by atoms with Gasteiger partial charge in [0.05, 0.1) is 39.8 Å². The number of halogens is 4. The van der Waals surface area contributed by atoms with Crippen LogP contribution in [-0.4, -0.2) is 52.3 Å². The lowest BCUT2D eigenvalue weighted by atomic mass is 9.91. The smallest absolute Gasteiger partial charge is 0.398 e. The van der Waals surface area contributed by atoms with Gasteiger partial charge in [-0.05, 0) is 75.7 Å². The van der Waals surface area contributed by atoms with Gasteiger partial charge in [0, 0.05) is 29.8 Å². The van der Waals surface area contributed by atoms with Crippen LogP contribution in [0.15, 0.2) is 42.5 Å². The molecule has 246 valence electrons. The van der Waals surface area contributed by atoms with E-state index in [0.29, 0.717) is 22.4 Å². The maximum atomic E-state index is 14.7. The number of nitrogens with one attached hydrogen (secondary N) is 4. The third kappa shape index (κ3) is 6.65. The minimum atomic E-state index is -4.85. The number of alkyl halides is 3. The summed E-state index contributed by atoms with van der Waals surface area (Å²) in [7, 11) is -0.276. The van der Waals surface area contributed by atoms with E-state index in [1.165, 1.54) is 37.4 Å². The first kappa shape index (κ1) is 33.1. The lowest BCUT2D eigenvalue weighted by Crippen LogP contribution is -2.47. The summed E-state index contributed by atoms with van der Waals surface area (Å²) in [6.45, 7) is 6.11. The molecule has 3 amide bonds. The van der Waals surface area contributed by atoms with Crippen LogP contribution in [0.1, 0.15) is 60.8 Å². The fraction of sp³-hybridized carbons (Fsp3) is 0.387. The van der Waals surface area contributed by atoms with Gasteiger partial charge in [-0.15, -0.1) is 0 Å². The van der Waals surface area contributed by atoms with Gasteiger partial charge in [0.15, 0.2) is 5.75 Å². The fourth-order valence-electron chi connectivity index (χ4n) is 5.09. The summed E-state index contributed by atoms with van der Waals surface area (Å²) >= 11 is 0. The lowest BCUT2D eigenvalue weighted by molar-refractivity contribution is -0.149. The molecule has 3 heterocycles. The summed E-state index contributed by atoms with van der Waals surface area (Å²) in [5.74, 6) is -3.25. The topological polar surface area (TPSA) is 131 Å². The molecule has 0 aliphatic carbocycles. The number of benzene rings is 2. The number of pyridine rings is 1. The standard InChI is InChI=1S/C31H33F4N5O5S/c1-29(2,3)46(43)40-30(4)15-45-26-20(30)12-22(38-25(26)16-6-8-19(32)9-7-16)21(31(33,34)35)14-36-27(41)17-10-18-13-37-28(42)39-24(18)23(11-17)44-5/h6-12,21,40H,13-15H2,1-5H3,(H,36,41)(H2,37,39,42). The molecule has 2 aliphatic heterocycles. The van der Waals surface area contributed by atoms with Crippen LogP contribution in [0.25, 0.3) is 11.3 Å². The predicted molar refractivity (Wildman–Crippen MR) is 163 cm³/mol. The Morgan fingerprint density at radius 1 is 1.17 bits per heavy atom. The molecule has 5 rings (SSSR count). The van der Waals surface area contributed by atoms with Crippen LogP contribution in [0.5, 0.6) is 11.5 Å². The maximum absolute atomic E-state index is 14.7. The summed E-state index contributed by atoms with van der Waals surface area (Å²) in [4.78, 5) is 29.3. The lowest BCUT2D eigenvalue weighted by Gasteiger charge is -2.29. The van der Waals surface area contributed by atoms with Crippen LogP contribution >= 0.6 is 0 Å². The fourth-order valence-corrected chi connectivity index (χ4v) is 5.98. The average Bonchev–Trinajstić information content (AvgIpc) is 3.31. The Labute approximate surface area is 265 Å². The highest BCUT2D eigenvalue weighted by atomic mass is 32.2. The molecule has 3 aromatic rings. The second kappa shape index (κ2) is 12.2. The molecule has 2 aromatic carbocycles. The first-order chi connectivity index (χ1) is 21.5. The number of amides is 3. The van der Waals surface area contributed by atoms with Crippen molar-refractivity contribution in [3.63, 3.8) is 0 Å².